The molecular formula is C21H25NO2. The highest BCUT2D eigenvalue weighted by atomic mass is 16.5. The van der Waals surface area contributed by atoms with Crippen LogP contribution in [-0.2, 0) is 16.6 Å². The number of para-hydroxylation sites is 1. The first-order valence-corrected chi connectivity index (χ1v) is 8.58. The van der Waals surface area contributed by atoms with E-state index >= 15 is 0 Å². The molecule has 2 aromatic rings. The Hall–Kier alpha value is -2.29. The lowest BCUT2D eigenvalue weighted by Gasteiger charge is -2.35. The summed E-state index contributed by atoms with van der Waals surface area (Å²) in [5.74, 6) is 0.896. The van der Waals surface area contributed by atoms with E-state index in [9.17, 15) is 4.79 Å². The summed E-state index contributed by atoms with van der Waals surface area (Å²) in [6.45, 7) is 4.07. The Morgan fingerprint density at radius 1 is 1.17 bits per heavy atom. The number of ether oxygens (including phenoxy) is 1. The maximum atomic E-state index is 13.1. The van der Waals surface area contributed by atoms with E-state index < -0.39 is 5.41 Å². The van der Waals surface area contributed by atoms with Gasteiger partial charge in [-0.1, -0.05) is 42.5 Å². The Balaban J connectivity index is 1.85. The molecule has 0 saturated carbocycles. The number of fused-ring (bicyclic) bond motifs is 1. The third kappa shape index (κ3) is 2.91. The van der Waals surface area contributed by atoms with Crippen LogP contribution in [0.25, 0.3) is 0 Å². The highest BCUT2D eigenvalue weighted by Crippen LogP contribution is 2.38. The molecule has 0 aliphatic heterocycles. The summed E-state index contributed by atoms with van der Waals surface area (Å²) >= 11 is 0. The highest BCUT2D eigenvalue weighted by Gasteiger charge is 2.39. The summed E-state index contributed by atoms with van der Waals surface area (Å²) in [6.07, 6.45) is 2.99. The lowest BCUT2D eigenvalue weighted by Crippen LogP contribution is -2.45. The fourth-order valence-electron chi connectivity index (χ4n) is 3.74. The zero-order chi connectivity index (χ0) is 17.2. The molecule has 0 radical (unpaired) electrons. The summed E-state index contributed by atoms with van der Waals surface area (Å²) < 4.78 is 5.42. The van der Waals surface area contributed by atoms with Crippen molar-refractivity contribution in [2.75, 3.05) is 7.11 Å². The average Bonchev–Trinajstić information content (AvgIpc) is 2.62. The third-order valence-corrected chi connectivity index (χ3v) is 5.19. The summed E-state index contributed by atoms with van der Waals surface area (Å²) in [4.78, 5) is 13.1. The van der Waals surface area contributed by atoms with Crippen molar-refractivity contribution in [1.82, 2.24) is 5.32 Å². The van der Waals surface area contributed by atoms with Crippen LogP contribution < -0.4 is 10.1 Å². The van der Waals surface area contributed by atoms with E-state index in [0.29, 0.717) is 0 Å². The topological polar surface area (TPSA) is 38.3 Å². The molecule has 1 aliphatic carbocycles. The van der Waals surface area contributed by atoms with E-state index in [1.54, 1.807) is 7.11 Å². The first-order chi connectivity index (χ1) is 11.6. The van der Waals surface area contributed by atoms with E-state index in [2.05, 4.69) is 30.4 Å². The van der Waals surface area contributed by atoms with E-state index in [1.807, 2.05) is 37.3 Å². The molecule has 0 heterocycles. The van der Waals surface area contributed by atoms with Gasteiger partial charge in [0.15, 0.2) is 0 Å². The van der Waals surface area contributed by atoms with Crippen molar-refractivity contribution in [2.24, 2.45) is 0 Å². The molecule has 0 spiro atoms. The lowest BCUT2D eigenvalue weighted by molar-refractivity contribution is -0.127. The minimum Gasteiger partial charge on any atom is -0.496 e. The SMILES string of the molecule is COc1ccccc1C(C)NC(=O)C1(C)CCCc2ccccc21. The predicted molar refractivity (Wildman–Crippen MR) is 96.3 cm³/mol. The minimum absolute atomic E-state index is 0.0908. The van der Waals surface area contributed by atoms with Crippen LogP contribution in [0, 0.1) is 0 Å². The van der Waals surface area contributed by atoms with E-state index in [-0.39, 0.29) is 11.9 Å². The fraction of sp³-hybridized carbons (Fsp3) is 0.381. The summed E-state index contributed by atoms with van der Waals surface area (Å²) in [7, 11) is 1.66. The maximum absolute atomic E-state index is 13.1. The van der Waals surface area contributed by atoms with Crippen molar-refractivity contribution in [3.05, 3.63) is 65.2 Å². The molecule has 3 rings (SSSR count). The van der Waals surface area contributed by atoms with Gasteiger partial charge in [-0.15, -0.1) is 0 Å². The van der Waals surface area contributed by atoms with Gasteiger partial charge >= 0.3 is 0 Å². The summed E-state index contributed by atoms with van der Waals surface area (Å²) in [5, 5.41) is 3.20. The number of aryl methyl sites for hydroxylation is 1. The van der Waals surface area contributed by atoms with Crippen molar-refractivity contribution in [3.63, 3.8) is 0 Å². The third-order valence-electron chi connectivity index (χ3n) is 5.19. The molecule has 0 fully saturated rings. The zero-order valence-electron chi connectivity index (χ0n) is 14.6. The molecule has 3 heteroatoms. The Labute approximate surface area is 144 Å². The standard InChI is InChI=1S/C21H25NO2/c1-15(17-11-5-7-13-19(17)24-3)22-20(23)21(2)14-8-10-16-9-4-6-12-18(16)21/h4-7,9,11-13,15H,8,10,14H2,1-3H3,(H,22,23). The number of amides is 1. The van der Waals surface area contributed by atoms with Crippen LogP contribution in [0.3, 0.4) is 0 Å². The summed E-state index contributed by atoms with van der Waals surface area (Å²) in [6, 6.07) is 16.1. The largest absolute Gasteiger partial charge is 0.496 e. The molecule has 24 heavy (non-hydrogen) atoms. The van der Waals surface area contributed by atoms with Crippen molar-refractivity contribution in [2.45, 2.75) is 44.6 Å². The molecule has 0 aromatic heterocycles. The monoisotopic (exact) mass is 323 g/mol. The lowest BCUT2D eigenvalue weighted by atomic mass is 9.70. The van der Waals surface area contributed by atoms with E-state index in [4.69, 9.17) is 4.74 Å². The Bertz CT molecular complexity index is 740. The van der Waals surface area contributed by atoms with Crippen molar-refractivity contribution in [1.29, 1.82) is 0 Å². The molecule has 0 saturated heterocycles. The van der Waals surface area contributed by atoms with Crippen LogP contribution in [-0.4, -0.2) is 13.0 Å². The molecule has 1 N–H and O–H groups in total. The van der Waals surface area contributed by atoms with Crippen LogP contribution in [0.5, 0.6) is 5.75 Å². The van der Waals surface area contributed by atoms with Crippen LogP contribution in [0.15, 0.2) is 48.5 Å². The van der Waals surface area contributed by atoms with Crippen LogP contribution in [0.1, 0.15) is 49.4 Å². The fourth-order valence-corrected chi connectivity index (χ4v) is 3.74. The molecule has 1 aliphatic rings. The van der Waals surface area contributed by atoms with Crippen LogP contribution >= 0.6 is 0 Å². The normalized spacial score (nSPS) is 20.8. The smallest absolute Gasteiger partial charge is 0.230 e. The Morgan fingerprint density at radius 2 is 1.88 bits per heavy atom. The zero-order valence-corrected chi connectivity index (χ0v) is 14.6. The second-order valence-corrected chi connectivity index (χ2v) is 6.78. The molecular weight excluding hydrogens is 298 g/mol. The van der Waals surface area contributed by atoms with Gasteiger partial charge in [-0.3, -0.25) is 4.79 Å². The molecule has 3 nitrogen and oxygen atoms in total. The number of benzene rings is 2. The van der Waals surface area contributed by atoms with Crippen molar-refractivity contribution >= 4 is 5.91 Å². The van der Waals surface area contributed by atoms with Gasteiger partial charge in [-0.2, -0.15) is 0 Å². The van der Waals surface area contributed by atoms with Crippen molar-refractivity contribution in [3.8, 4) is 5.75 Å². The second-order valence-electron chi connectivity index (χ2n) is 6.78. The molecule has 2 aromatic carbocycles. The number of hydrogen-bond donors (Lipinski definition) is 1. The van der Waals surface area contributed by atoms with Gasteiger partial charge < -0.3 is 10.1 Å². The molecule has 2 unspecified atom stereocenters. The minimum atomic E-state index is -0.467. The molecule has 126 valence electrons. The van der Waals surface area contributed by atoms with Gasteiger partial charge in [0, 0.05) is 5.56 Å². The molecule has 0 bridgehead atoms. The number of hydrogen-bond acceptors (Lipinski definition) is 2. The van der Waals surface area contributed by atoms with Gasteiger partial charge in [0.1, 0.15) is 5.75 Å². The quantitative estimate of drug-likeness (QED) is 0.917. The number of methoxy groups -OCH3 is 1. The van der Waals surface area contributed by atoms with E-state index in [0.717, 1.165) is 30.6 Å². The Kier molecular flexibility index (Phi) is 4.61. The first kappa shape index (κ1) is 16.6. The predicted octanol–water partition coefficient (Wildman–Crippen LogP) is 4.17. The summed E-state index contributed by atoms with van der Waals surface area (Å²) in [5.41, 5.74) is 3.00. The van der Waals surface area contributed by atoms with Gasteiger partial charge in [-0.25, -0.2) is 0 Å². The van der Waals surface area contributed by atoms with Gasteiger partial charge in [0.25, 0.3) is 0 Å². The molecule has 2 atom stereocenters. The van der Waals surface area contributed by atoms with Gasteiger partial charge in [-0.05, 0) is 50.3 Å². The van der Waals surface area contributed by atoms with Crippen LogP contribution in [0.2, 0.25) is 0 Å². The van der Waals surface area contributed by atoms with Gasteiger partial charge in [0.2, 0.25) is 5.91 Å². The van der Waals surface area contributed by atoms with Gasteiger partial charge in [0.05, 0.1) is 18.6 Å². The number of carbonyl (C=O) groups excluding carboxylic acids is 1. The van der Waals surface area contributed by atoms with Crippen molar-refractivity contribution < 1.29 is 9.53 Å². The highest BCUT2D eigenvalue weighted by molar-refractivity contribution is 5.88. The number of rotatable bonds is 4. The average molecular weight is 323 g/mol. The van der Waals surface area contributed by atoms with E-state index in [1.165, 1.54) is 11.1 Å². The maximum Gasteiger partial charge on any atom is 0.230 e. The Morgan fingerprint density at radius 3 is 2.67 bits per heavy atom. The first-order valence-electron chi connectivity index (χ1n) is 8.58. The second kappa shape index (κ2) is 6.68. The number of nitrogens with one attached hydrogen (secondary N) is 1. The number of carbonyl (C=O) groups is 1. The molecule has 1 amide bonds. The van der Waals surface area contributed by atoms with Crippen LogP contribution in [0.4, 0.5) is 0 Å².